The highest BCUT2D eigenvalue weighted by molar-refractivity contribution is 5.69. The van der Waals surface area contributed by atoms with E-state index in [0.29, 0.717) is 6.42 Å². The van der Waals surface area contributed by atoms with Crippen LogP contribution >= 0.6 is 0 Å². The van der Waals surface area contributed by atoms with Crippen LogP contribution in [0.15, 0.2) is 24.3 Å². The van der Waals surface area contributed by atoms with Gasteiger partial charge in [-0.25, -0.2) is 0 Å². The van der Waals surface area contributed by atoms with Crippen LogP contribution in [0, 0.1) is 5.92 Å². The lowest BCUT2D eigenvalue weighted by atomic mass is 9.95. The van der Waals surface area contributed by atoms with Gasteiger partial charge in [-0.2, -0.15) is 0 Å². The van der Waals surface area contributed by atoms with Gasteiger partial charge in [0.15, 0.2) is 0 Å². The molecule has 0 aliphatic rings. The first-order valence-electron chi connectivity index (χ1n) is 9.93. The smallest absolute Gasteiger partial charge is 0.306 e. The van der Waals surface area contributed by atoms with Crippen molar-refractivity contribution in [2.45, 2.75) is 90.1 Å². The molecule has 0 saturated carbocycles. The van der Waals surface area contributed by atoms with Gasteiger partial charge in [0, 0.05) is 0 Å². The number of unbranched alkanes of at least 4 members (excludes halogenated alkanes) is 7. The molecule has 2 unspecified atom stereocenters. The summed E-state index contributed by atoms with van der Waals surface area (Å²) < 4.78 is 0. The maximum Gasteiger partial charge on any atom is 0.306 e. The molecule has 0 radical (unpaired) electrons. The van der Waals surface area contributed by atoms with Crippen LogP contribution in [-0.2, 0) is 4.79 Å². The van der Waals surface area contributed by atoms with Crippen molar-refractivity contribution in [3.8, 4) is 0 Å². The number of carbonyl (C=O) groups is 1. The molecule has 0 heterocycles. The Bertz CT molecular complexity index is 363. The highest BCUT2D eigenvalue weighted by Gasteiger charge is 2.20. The third-order valence-electron chi connectivity index (χ3n) is 4.37. The molecule has 0 saturated heterocycles. The predicted octanol–water partition coefficient (Wildman–Crippen LogP) is 4.85. The number of rotatable bonds is 17. The second-order valence-corrected chi connectivity index (χ2v) is 6.77. The standard InChI is InChI=1S/C21H38O4/c1-2-3-4-5-6-7-8-9-10-11-12-13-14-15-16-19(21(24)25)17-20(23)18-22/h6-7,9-10,19-20,22-23H,2-5,8,11-18H2,1H3,(H,24,25)/b7-6-,10-9-. The Morgan fingerprint density at radius 3 is 2.08 bits per heavy atom. The van der Waals surface area contributed by atoms with Gasteiger partial charge in [0.1, 0.15) is 0 Å². The molecule has 0 aliphatic heterocycles. The molecule has 0 bridgehead atoms. The van der Waals surface area contributed by atoms with Crippen LogP contribution in [0.1, 0.15) is 84.0 Å². The predicted molar refractivity (Wildman–Crippen MR) is 104 cm³/mol. The average molecular weight is 355 g/mol. The summed E-state index contributed by atoms with van der Waals surface area (Å²) in [5, 5.41) is 27.3. The molecule has 0 amide bonds. The van der Waals surface area contributed by atoms with Crippen LogP contribution in [0.2, 0.25) is 0 Å². The topological polar surface area (TPSA) is 77.8 Å². The molecule has 0 aromatic heterocycles. The molecule has 0 aromatic carbocycles. The van der Waals surface area contributed by atoms with Crippen LogP contribution in [0.5, 0.6) is 0 Å². The van der Waals surface area contributed by atoms with Crippen molar-refractivity contribution >= 4 is 5.97 Å². The SMILES string of the molecule is CCCCC/C=C\C/C=C\CCCCCCC(CC(O)CO)C(=O)O. The van der Waals surface area contributed by atoms with Gasteiger partial charge in [-0.05, 0) is 44.9 Å². The molecule has 0 fully saturated rings. The van der Waals surface area contributed by atoms with Crippen LogP contribution in [0.4, 0.5) is 0 Å². The van der Waals surface area contributed by atoms with E-state index in [4.69, 9.17) is 10.2 Å². The molecule has 4 nitrogen and oxygen atoms in total. The zero-order valence-electron chi connectivity index (χ0n) is 15.9. The number of aliphatic carboxylic acids is 1. The summed E-state index contributed by atoms with van der Waals surface area (Å²) in [4.78, 5) is 11.1. The van der Waals surface area contributed by atoms with Crippen molar-refractivity contribution in [3.63, 3.8) is 0 Å². The van der Waals surface area contributed by atoms with Gasteiger partial charge in [0.25, 0.3) is 0 Å². The van der Waals surface area contributed by atoms with Gasteiger partial charge >= 0.3 is 5.97 Å². The molecule has 0 rings (SSSR count). The van der Waals surface area contributed by atoms with Crippen molar-refractivity contribution in [1.82, 2.24) is 0 Å². The van der Waals surface area contributed by atoms with Crippen molar-refractivity contribution < 1.29 is 20.1 Å². The van der Waals surface area contributed by atoms with Crippen molar-refractivity contribution in [2.75, 3.05) is 6.61 Å². The Morgan fingerprint density at radius 2 is 1.52 bits per heavy atom. The Morgan fingerprint density at radius 1 is 0.920 bits per heavy atom. The first-order valence-corrected chi connectivity index (χ1v) is 9.93. The second kappa shape index (κ2) is 17.7. The van der Waals surface area contributed by atoms with Crippen molar-refractivity contribution in [2.24, 2.45) is 5.92 Å². The summed E-state index contributed by atoms with van der Waals surface area (Å²) in [5.41, 5.74) is 0. The lowest BCUT2D eigenvalue weighted by Crippen LogP contribution is -2.23. The maximum absolute atomic E-state index is 11.1. The van der Waals surface area contributed by atoms with E-state index in [9.17, 15) is 9.90 Å². The van der Waals surface area contributed by atoms with Crippen LogP contribution in [0.25, 0.3) is 0 Å². The second-order valence-electron chi connectivity index (χ2n) is 6.77. The summed E-state index contributed by atoms with van der Waals surface area (Å²) in [5.74, 6) is -1.43. The van der Waals surface area contributed by atoms with E-state index in [1.807, 2.05) is 0 Å². The quantitative estimate of drug-likeness (QED) is 0.258. The van der Waals surface area contributed by atoms with Gasteiger partial charge < -0.3 is 15.3 Å². The van der Waals surface area contributed by atoms with Gasteiger partial charge in [-0.3, -0.25) is 4.79 Å². The molecule has 0 aliphatic carbocycles. The van der Waals surface area contributed by atoms with Crippen molar-refractivity contribution in [3.05, 3.63) is 24.3 Å². The fourth-order valence-electron chi connectivity index (χ4n) is 2.77. The summed E-state index contributed by atoms with van der Waals surface area (Å²) in [7, 11) is 0. The van der Waals surface area contributed by atoms with Crippen molar-refractivity contribution in [1.29, 1.82) is 0 Å². The van der Waals surface area contributed by atoms with E-state index >= 15 is 0 Å². The summed E-state index contributed by atoms with van der Waals surface area (Å²) in [6.07, 6.45) is 20.0. The Labute approximate surface area is 153 Å². The summed E-state index contributed by atoms with van der Waals surface area (Å²) in [6.45, 7) is 1.85. The minimum absolute atomic E-state index is 0.139. The van der Waals surface area contributed by atoms with Gasteiger partial charge in [-0.15, -0.1) is 0 Å². The highest BCUT2D eigenvalue weighted by atomic mass is 16.4. The molecular formula is C21H38O4. The van der Waals surface area contributed by atoms with E-state index in [-0.39, 0.29) is 13.0 Å². The zero-order valence-corrected chi connectivity index (χ0v) is 15.9. The largest absolute Gasteiger partial charge is 0.481 e. The molecule has 4 heteroatoms. The lowest BCUT2D eigenvalue weighted by Gasteiger charge is -2.14. The molecule has 3 N–H and O–H groups in total. The van der Waals surface area contributed by atoms with E-state index in [1.54, 1.807) is 0 Å². The minimum atomic E-state index is -0.924. The fourth-order valence-corrected chi connectivity index (χ4v) is 2.77. The lowest BCUT2D eigenvalue weighted by molar-refractivity contribution is -0.143. The summed E-state index contributed by atoms with van der Waals surface area (Å²) in [6, 6.07) is 0. The molecule has 146 valence electrons. The van der Waals surface area contributed by atoms with Crippen LogP contribution in [0.3, 0.4) is 0 Å². The first-order chi connectivity index (χ1) is 12.1. The Kier molecular flexibility index (Phi) is 16.9. The molecule has 0 aromatic rings. The zero-order chi connectivity index (χ0) is 18.8. The van der Waals surface area contributed by atoms with Gasteiger partial charge in [-0.1, -0.05) is 63.3 Å². The fraction of sp³-hybridized carbons (Fsp3) is 0.762. The number of aliphatic hydroxyl groups excluding tert-OH is 2. The van der Waals surface area contributed by atoms with E-state index in [0.717, 1.165) is 38.5 Å². The Hall–Kier alpha value is -1.13. The van der Waals surface area contributed by atoms with E-state index < -0.39 is 18.0 Å². The number of hydrogen-bond acceptors (Lipinski definition) is 3. The maximum atomic E-state index is 11.1. The normalized spacial score (nSPS) is 14.4. The Balaban J connectivity index is 3.55. The molecular weight excluding hydrogens is 316 g/mol. The van der Waals surface area contributed by atoms with E-state index in [2.05, 4.69) is 31.2 Å². The number of hydrogen-bond donors (Lipinski definition) is 3. The van der Waals surface area contributed by atoms with Crippen LogP contribution < -0.4 is 0 Å². The van der Waals surface area contributed by atoms with Gasteiger partial charge in [0.2, 0.25) is 0 Å². The molecule has 2 atom stereocenters. The monoisotopic (exact) mass is 354 g/mol. The first kappa shape index (κ1) is 23.9. The van der Waals surface area contributed by atoms with Gasteiger partial charge in [0.05, 0.1) is 18.6 Å². The average Bonchev–Trinajstić information content (AvgIpc) is 2.60. The third kappa shape index (κ3) is 16.1. The molecule has 25 heavy (non-hydrogen) atoms. The van der Waals surface area contributed by atoms with E-state index in [1.165, 1.54) is 25.7 Å². The molecule has 0 spiro atoms. The summed E-state index contributed by atoms with van der Waals surface area (Å²) >= 11 is 0. The number of aliphatic hydroxyl groups is 2. The van der Waals surface area contributed by atoms with Crippen LogP contribution in [-0.4, -0.2) is 34.0 Å². The highest BCUT2D eigenvalue weighted by Crippen LogP contribution is 2.17. The third-order valence-corrected chi connectivity index (χ3v) is 4.37. The number of carboxylic acid groups (broad SMARTS) is 1. The number of allylic oxidation sites excluding steroid dienone is 4. The number of carboxylic acids is 1. The minimum Gasteiger partial charge on any atom is -0.481 e.